The van der Waals surface area contributed by atoms with Gasteiger partial charge in [-0.15, -0.1) is 0 Å². The second-order valence-corrected chi connectivity index (χ2v) is 22.7. The van der Waals surface area contributed by atoms with Crippen LogP contribution < -0.4 is 58.4 Å². The van der Waals surface area contributed by atoms with Crippen molar-refractivity contribution in [2.45, 2.75) is 32.6 Å². The third-order valence-corrected chi connectivity index (χ3v) is 18.3. The molecule has 0 radical (unpaired) electrons. The molecule has 1 unspecified atom stereocenters. The van der Waals surface area contributed by atoms with Crippen LogP contribution in [-0.2, 0) is 0 Å². The fourth-order valence-electron chi connectivity index (χ4n) is 15.2. The van der Waals surface area contributed by atoms with Gasteiger partial charge >= 0.3 is 0 Å². The monoisotopic (exact) mass is 1030 g/mol. The Balaban J connectivity index is 0.000000100. The highest BCUT2D eigenvalue weighted by molar-refractivity contribution is 7.02. The fourth-order valence-corrected chi connectivity index (χ4v) is 15.2. The summed E-state index contributed by atoms with van der Waals surface area (Å²) in [7, 11) is 0. The molecule has 7 aliphatic rings. The van der Waals surface area contributed by atoms with Crippen LogP contribution in [0, 0.1) is 20.8 Å². The molecule has 0 N–H and O–H groups in total. The van der Waals surface area contributed by atoms with Gasteiger partial charge in [0, 0.05) is 45.5 Å². The summed E-state index contributed by atoms with van der Waals surface area (Å²) in [4.78, 5) is 7.43. The van der Waals surface area contributed by atoms with Crippen molar-refractivity contribution in [2.75, 3.05) is 14.7 Å². The van der Waals surface area contributed by atoms with Gasteiger partial charge in [0.15, 0.2) is 0 Å². The summed E-state index contributed by atoms with van der Waals surface area (Å²) in [5.74, 6) is 0.451. The molecule has 81 heavy (non-hydrogen) atoms. The Morgan fingerprint density at radius 2 is 0.827 bits per heavy atom. The lowest BCUT2D eigenvalue weighted by atomic mass is 9.32. The van der Waals surface area contributed by atoms with Gasteiger partial charge in [-0.2, -0.15) is 0 Å². The Morgan fingerprint density at radius 1 is 0.333 bits per heavy atom. The molecule has 2 atom stereocenters. The number of aryl methyl sites for hydroxylation is 3. The summed E-state index contributed by atoms with van der Waals surface area (Å²) in [6, 6.07) is 91.1. The standard InChI is InChI=1S/C25H18BN.C25H20BN.C25H18BN/c1-17-15-20-19-11-5-6-12-21(19)26-22-13-7-8-14-23(22)27(24(16-17)25(20)26)18-9-3-2-4-10-18;1-17-15-16-20-19-11-5-6-12-21(19)26-22-13-7-8-14-23(22)27(25(17)24(20)26)18-9-3-2-4-10-18;1-17-15-16-23-25-24(17)19-11-5-6-12-20(19)26(25)21-13-7-8-14-22(21)27(23)18-9-3-2-4-10-18/h2-16H,1H3;2-16,22-23H,1H3;2-16H,1H3/t;22?,23-;/m.1./s1. The molecule has 3 nitrogen and oxygen atoms in total. The second kappa shape index (κ2) is 18.8. The van der Waals surface area contributed by atoms with Gasteiger partial charge in [0.05, 0.1) is 6.04 Å². The normalized spacial score (nSPS) is 15.8. The van der Waals surface area contributed by atoms with Crippen LogP contribution in [0.5, 0.6) is 0 Å². The smallest absolute Gasteiger partial charge is 0.248 e. The first-order chi connectivity index (χ1) is 40.0. The van der Waals surface area contributed by atoms with Gasteiger partial charge in [-0.3, -0.25) is 0 Å². The number of benzene rings is 11. The molecule has 11 aromatic carbocycles. The van der Waals surface area contributed by atoms with E-state index < -0.39 is 0 Å². The molecule has 0 bridgehead atoms. The zero-order valence-corrected chi connectivity index (χ0v) is 45.7. The lowest BCUT2D eigenvalue weighted by molar-refractivity contribution is 0.765. The number of rotatable bonds is 3. The topological polar surface area (TPSA) is 9.72 Å². The summed E-state index contributed by atoms with van der Waals surface area (Å²) >= 11 is 0. The largest absolute Gasteiger partial charge is 0.335 e. The lowest BCUT2D eigenvalue weighted by Crippen LogP contribution is -2.56. The van der Waals surface area contributed by atoms with Gasteiger partial charge in [-0.05, 0) is 165 Å². The summed E-state index contributed by atoms with van der Waals surface area (Å²) in [6.07, 6.45) is 9.24. The first-order valence-electron chi connectivity index (χ1n) is 28.8. The molecule has 6 heterocycles. The molecule has 0 amide bonds. The van der Waals surface area contributed by atoms with E-state index in [9.17, 15) is 0 Å². The van der Waals surface area contributed by atoms with Crippen LogP contribution in [0.4, 0.5) is 45.5 Å². The van der Waals surface area contributed by atoms with E-state index in [1.807, 2.05) is 0 Å². The van der Waals surface area contributed by atoms with Crippen molar-refractivity contribution in [1.82, 2.24) is 0 Å². The van der Waals surface area contributed by atoms with Crippen LogP contribution in [0.2, 0.25) is 5.82 Å². The molecular formula is C75H56B3N3. The Bertz CT molecular complexity index is 4370. The highest BCUT2D eigenvalue weighted by Gasteiger charge is 2.49. The van der Waals surface area contributed by atoms with Crippen molar-refractivity contribution in [3.05, 3.63) is 290 Å². The van der Waals surface area contributed by atoms with E-state index in [-0.39, 0.29) is 0 Å². The van der Waals surface area contributed by atoms with Gasteiger partial charge < -0.3 is 14.7 Å². The second-order valence-electron chi connectivity index (χ2n) is 22.7. The van der Waals surface area contributed by atoms with Crippen molar-refractivity contribution in [3.8, 4) is 33.4 Å². The molecule has 1 aliphatic carbocycles. The van der Waals surface area contributed by atoms with Gasteiger partial charge in [-0.1, -0.05) is 229 Å². The Morgan fingerprint density at radius 3 is 1.48 bits per heavy atom. The summed E-state index contributed by atoms with van der Waals surface area (Å²) < 4.78 is 0. The Hall–Kier alpha value is -9.51. The minimum atomic E-state index is 0.322. The van der Waals surface area contributed by atoms with Crippen LogP contribution >= 0.6 is 0 Å². The molecule has 380 valence electrons. The number of anilines is 8. The van der Waals surface area contributed by atoms with E-state index in [1.54, 1.807) is 0 Å². The van der Waals surface area contributed by atoms with Gasteiger partial charge in [0.25, 0.3) is 0 Å². The first-order valence-corrected chi connectivity index (χ1v) is 28.8. The van der Waals surface area contributed by atoms with E-state index in [2.05, 4.69) is 308 Å². The fraction of sp³-hybridized carbons (Fsp3) is 0.0667. The SMILES string of the molecule is Cc1cc2c3c(c1)N(c1ccccc1)c1ccccc1B3c1ccccc1-2.Cc1ccc2c3c1-c1ccccc1B3c1ccccc1N2c1ccccc1.Cc1ccc2c3c1N(c1ccccc1)[C@@H]1C=CC=CC1B3c1ccccc1-2. The van der Waals surface area contributed by atoms with Crippen molar-refractivity contribution in [3.63, 3.8) is 0 Å². The van der Waals surface area contributed by atoms with E-state index in [0.29, 0.717) is 32.0 Å². The van der Waals surface area contributed by atoms with Crippen molar-refractivity contribution in [1.29, 1.82) is 0 Å². The summed E-state index contributed by atoms with van der Waals surface area (Å²) in [5, 5.41) is 0. The average Bonchev–Trinajstić information content (AvgIpc) is 3.97. The van der Waals surface area contributed by atoms with Crippen LogP contribution in [0.25, 0.3) is 33.4 Å². The zero-order valence-electron chi connectivity index (χ0n) is 45.7. The van der Waals surface area contributed by atoms with Crippen molar-refractivity contribution < 1.29 is 0 Å². The predicted molar refractivity (Wildman–Crippen MR) is 348 cm³/mol. The third-order valence-electron chi connectivity index (χ3n) is 18.3. The number of nitrogens with zero attached hydrogens (tertiary/aromatic N) is 3. The minimum Gasteiger partial charge on any atom is -0.335 e. The van der Waals surface area contributed by atoms with Gasteiger partial charge in [0.2, 0.25) is 20.1 Å². The van der Waals surface area contributed by atoms with Crippen LogP contribution in [-0.4, -0.2) is 26.2 Å². The molecule has 0 saturated carbocycles. The molecule has 6 aliphatic heterocycles. The number of fused-ring (bicyclic) bond motifs is 15. The Labute approximate surface area is 477 Å². The molecule has 0 spiro atoms. The molecule has 18 rings (SSSR count). The Kier molecular flexibility index (Phi) is 11.0. The molecule has 0 fully saturated rings. The van der Waals surface area contributed by atoms with E-state index in [1.165, 1.54) is 139 Å². The maximum absolute atomic E-state index is 2.57. The number of hydrogen-bond acceptors (Lipinski definition) is 3. The minimum absolute atomic E-state index is 0.322. The zero-order chi connectivity index (χ0) is 53.9. The molecule has 11 aromatic rings. The van der Waals surface area contributed by atoms with E-state index >= 15 is 0 Å². The average molecular weight is 1030 g/mol. The highest BCUT2D eigenvalue weighted by atomic mass is 15.2. The predicted octanol–water partition coefficient (Wildman–Crippen LogP) is 13.2. The molecule has 0 saturated heterocycles. The summed E-state index contributed by atoms with van der Waals surface area (Å²) in [6.45, 7) is 7.79. The number of para-hydroxylation sites is 5. The van der Waals surface area contributed by atoms with Gasteiger partial charge in [0.1, 0.15) is 0 Å². The van der Waals surface area contributed by atoms with Crippen LogP contribution in [0.1, 0.15) is 16.7 Å². The van der Waals surface area contributed by atoms with Crippen molar-refractivity contribution in [2.24, 2.45) is 0 Å². The maximum atomic E-state index is 2.57. The number of allylic oxidation sites excluding steroid dienone is 2. The lowest BCUT2D eigenvalue weighted by Gasteiger charge is -2.45. The molecule has 6 heteroatoms. The van der Waals surface area contributed by atoms with Crippen molar-refractivity contribution >= 4 is 109 Å². The maximum Gasteiger partial charge on any atom is 0.248 e. The highest BCUT2D eigenvalue weighted by Crippen LogP contribution is 2.47. The molecule has 0 aromatic heterocycles. The van der Waals surface area contributed by atoms with Gasteiger partial charge in [-0.25, -0.2) is 0 Å². The van der Waals surface area contributed by atoms with E-state index in [0.717, 1.165) is 0 Å². The third kappa shape index (κ3) is 7.19. The first kappa shape index (κ1) is 47.5. The van der Waals surface area contributed by atoms with Crippen LogP contribution in [0.3, 0.4) is 0 Å². The van der Waals surface area contributed by atoms with Crippen LogP contribution in [0.15, 0.2) is 273 Å². The number of hydrogen-bond donors (Lipinski definition) is 0. The molecular weight excluding hydrogens is 975 g/mol. The van der Waals surface area contributed by atoms with E-state index in [4.69, 9.17) is 0 Å². The quantitative estimate of drug-likeness (QED) is 0.163. The summed E-state index contributed by atoms with van der Waals surface area (Å²) in [5.41, 5.74) is 34.3.